The Bertz CT molecular complexity index is 640. The van der Waals surface area contributed by atoms with Crippen molar-refractivity contribution in [1.82, 2.24) is 0 Å². The van der Waals surface area contributed by atoms with E-state index in [0.29, 0.717) is 0 Å². The fraction of sp³-hybridized carbons (Fsp3) is 0.211. The van der Waals surface area contributed by atoms with E-state index in [4.69, 9.17) is 0 Å². The number of rotatable bonds is 5. The molecule has 0 radical (unpaired) electrons. The second-order valence-electron chi connectivity index (χ2n) is 5.08. The van der Waals surface area contributed by atoms with Crippen molar-refractivity contribution in [3.63, 3.8) is 0 Å². The molecular formula is C19H23N2+. The maximum Gasteiger partial charge on any atom is 0.205 e. The first-order valence-corrected chi connectivity index (χ1v) is 7.32. The molecule has 0 atom stereocenters. The molecule has 2 aromatic rings. The molecule has 0 N–H and O–H groups in total. The van der Waals surface area contributed by atoms with Gasteiger partial charge in [0.1, 0.15) is 6.54 Å². The predicted octanol–water partition coefficient (Wildman–Crippen LogP) is 3.79. The normalized spacial score (nSPS) is 11.4. The van der Waals surface area contributed by atoms with Crippen LogP contribution in [0, 0.1) is 0 Å². The van der Waals surface area contributed by atoms with Crippen molar-refractivity contribution < 1.29 is 4.57 Å². The minimum atomic E-state index is 0.980. The molecule has 0 fully saturated rings. The fourth-order valence-corrected chi connectivity index (χ4v) is 2.28. The summed E-state index contributed by atoms with van der Waals surface area (Å²) in [5.41, 5.74) is 3.67. The van der Waals surface area contributed by atoms with Crippen molar-refractivity contribution in [1.29, 1.82) is 0 Å². The molecule has 0 saturated heterocycles. The van der Waals surface area contributed by atoms with E-state index in [1.54, 1.807) is 0 Å². The Morgan fingerprint density at radius 3 is 2.43 bits per heavy atom. The quantitative estimate of drug-likeness (QED) is 0.596. The summed E-state index contributed by atoms with van der Waals surface area (Å²) in [5.74, 6) is 0. The smallest absolute Gasteiger partial charge is 0.205 e. The molecule has 0 aliphatic rings. The zero-order chi connectivity index (χ0) is 15.1. The Hall–Kier alpha value is -2.35. The van der Waals surface area contributed by atoms with Crippen LogP contribution in [0.1, 0.15) is 18.2 Å². The van der Waals surface area contributed by atoms with Gasteiger partial charge in [0, 0.05) is 38.0 Å². The molecule has 2 nitrogen and oxygen atoms in total. The lowest BCUT2D eigenvalue weighted by atomic mass is 10.1. The Morgan fingerprint density at radius 2 is 1.67 bits per heavy atom. The van der Waals surface area contributed by atoms with Crippen LogP contribution in [0.15, 0.2) is 60.8 Å². The van der Waals surface area contributed by atoms with Crippen molar-refractivity contribution in [2.45, 2.75) is 13.5 Å². The molecule has 2 heteroatoms. The van der Waals surface area contributed by atoms with Gasteiger partial charge < -0.3 is 4.90 Å². The number of nitrogens with zero attached hydrogens (tertiary/aromatic N) is 2. The van der Waals surface area contributed by atoms with Crippen molar-refractivity contribution in [2.24, 2.45) is 0 Å². The molecule has 0 aliphatic heterocycles. The Labute approximate surface area is 127 Å². The zero-order valence-corrected chi connectivity index (χ0v) is 13.0. The topological polar surface area (TPSA) is 7.12 Å². The lowest BCUT2D eigenvalue weighted by molar-refractivity contribution is -0.695. The number of allylic oxidation sites excluding steroid dienone is 2. The highest BCUT2D eigenvalue weighted by atomic mass is 15.1. The summed E-state index contributed by atoms with van der Waals surface area (Å²) in [5, 5.41) is 0. The molecule has 0 spiro atoms. The molecule has 21 heavy (non-hydrogen) atoms. The van der Waals surface area contributed by atoms with Gasteiger partial charge in [-0.05, 0) is 24.6 Å². The summed E-state index contributed by atoms with van der Waals surface area (Å²) >= 11 is 0. The van der Waals surface area contributed by atoms with Gasteiger partial charge in [0.2, 0.25) is 5.69 Å². The Morgan fingerprint density at radius 1 is 0.952 bits per heavy atom. The van der Waals surface area contributed by atoms with Crippen molar-refractivity contribution in [3.05, 3.63) is 72.1 Å². The number of para-hydroxylation sites is 1. The molecule has 0 unspecified atom stereocenters. The van der Waals surface area contributed by atoms with Crippen LogP contribution in [0.25, 0.3) is 12.2 Å². The summed E-state index contributed by atoms with van der Waals surface area (Å²) in [6, 6.07) is 14.7. The van der Waals surface area contributed by atoms with E-state index in [1.165, 1.54) is 16.9 Å². The predicted molar refractivity (Wildman–Crippen MR) is 91.1 cm³/mol. The molecule has 1 heterocycles. The second-order valence-corrected chi connectivity index (χ2v) is 5.08. The minimum absolute atomic E-state index is 0.980. The van der Waals surface area contributed by atoms with Gasteiger partial charge in [0.05, 0.1) is 0 Å². The van der Waals surface area contributed by atoms with E-state index >= 15 is 0 Å². The molecule has 108 valence electrons. The van der Waals surface area contributed by atoms with Gasteiger partial charge in [-0.25, -0.2) is 0 Å². The van der Waals surface area contributed by atoms with Crippen molar-refractivity contribution in [3.8, 4) is 0 Å². The maximum atomic E-state index is 2.22. The third-order valence-electron chi connectivity index (χ3n) is 3.39. The van der Waals surface area contributed by atoms with Crippen LogP contribution in [-0.2, 0) is 6.54 Å². The van der Waals surface area contributed by atoms with Gasteiger partial charge >= 0.3 is 0 Å². The average molecular weight is 279 g/mol. The zero-order valence-electron chi connectivity index (χ0n) is 13.0. The molecule has 0 saturated carbocycles. The van der Waals surface area contributed by atoms with Gasteiger partial charge in [-0.3, -0.25) is 0 Å². The first-order valence-electron chi connectivity index (χ1n) is 7.32. The SMILES string of the molecule is CC[n+]1ccccc1C=CC=Cc1ccccc1N(C)C. The van der Waals surface area contributed by atoms with Crippen LogP contribution in [0.5, 0.6) is 0 Å². The Balaban J connectivity index is 2.14. The van der Waals surface area contributed by atoms with Gasteiger partial charge in [-0.15, -0.1) is 0 Å². The Kier molecular flexibility index (Phi) is 5.33. The summed E-state index contributed by atoms with van der Waals surface area (Å²) < 4.78 is 2.22. The lowest BCUT2D eigenvalue weighted by Gasteiger charge is -2.14. The summed E-state index contributed by atoms with van der Waals surface area (Å²) in [6.45, 7) is 3.13. The number of benzene rings is 1. The summed E-state index contributed by atoms with van der Waals surface area (Å²) in [4.78, 5) is 2.13. The summed E-state index contributed by atoms with van der Waals surface area (Å²) in [7, 11) is 4.13. The van der Waals surface area contributed by atoms with Gasteiger partial charge in [0.15, 0.2) is 6.20 Å². The standard InChI is InChI=1S/C19H23N2/c1-4-21-16-10-9-14-18(21)13-7-5-11-17-12-6-8-15-19(17)20(2)3/h5-16H,4H2,1-3H3/q+1. The van der Waals surface area contributed by atoms with E-state index in [2.05, 4.69) is 103 Å². The minimum Gasteiger partial charge on any atom is -0.377 e. The first-order chi connectivity index (χ1) is 10.2. The summed E-state index contributed by atoms with van der Waals surface area (Å²) in [6.07, 6.45) is 10.6. The highest BCUT2D eigenvalue weighted by Crippen LogP contribution is 2.19. The van der Waals surface area contributed by atoms with E-state index in [1.807, 2.05) is 0 Å². The van der Waals surface area contributed by atoms with Crippen LogP contribution in [0.3, 0.4) is 0 Å². The van der Waals surface area contributed by atoms with Crippen LogP contribution >= 0.6 is 0 Å². The molecule has 2 rings (SSSR count). The maximum absolute atomic E-state index is 2.22. The number of anilines is 1. The number of pyridine rings is 1. The van der Waals surface area contributed by atoms with Gasteiger partial charge in [-0.2, -0.15) is 4.57 Å². The van der Waals surface area contributed by atoms with E-state index in [9.17, 15) is 0 Å². The number of aryl methyl sites for hydroxylation is 1. The van der Waals surface area contributed by atoms with Crippen molar-refractivity contribution in [2.75, 3.05) is 19.0 Å². The lowest BCUT2D eigenvalue weighted by Crippen LogP contribution is -2.34. The van der Waals surface area contributed by atoms with E-state index < -0.39 is 0 Å². The number of hydrogen-bond acceptors (Lipinski definition) is 1. The largest absolute Gasteiger partial charge is 0.377 e. The molecule has 0 amide bonds. The third kappa shape index (κ3) is 4.06. The molecule has 1 aromatic heterocycles. The van der Waals surface area contributed by atoms with Crippen LogP contribution < -0.4 is 9.47 Å². The first kappa shape index (κ1) is 15.0. The van der Waals surface area contributed by atoms with E-state index in [0.717, 1.165) is 6.54 Å². The van der Waals surface area contributed by atoms with E-state index in [-0.39, 0.29) is 0 Å². The van der Waals surface area contributed by atoms with Gasteiger partial charge in [0.25, 0.3) is 0 Å². The number of hydrogen-bond donors (Lipinski definition) is 0. The van der Waals surface area contributed by atoms with Crippen LogP contribution in [-0.4, -0.2) is 14.1 Å². The highest BCUT2D eigenvalue weighted by Gasteiger charge is 2.01. The van der Waals surface area contributed by atoms with Gasteiger partial charge in [-0.1, -0.05) is 36.4 Å². The van der Waals surface area contributed by atoms with Crippen LogP contribution in [0.2, 0.25) is 0 Å². The second kappa shape index (κ2) is 7.44. The third-order valence-corrected chi connectivity index (χ3v) is 3.39. The average Bonchev–Trinajstić information content (AvgIpc) is 2.52. The number of aromatic nitrogens is 1. The molecular weight excluding hydrogens is 256 g/mol. The molecule has 0 bridgehead atoms. The molecule has 1 aromatic carbocycles. The van der Waals surface area contributed by atoms with Crippen molar-refractivity contribution >= 4 is 17.8 Å². The molecule has 0 aliphatic carbocycles. The van der Waals surface area contributed by atoms with Crippen LogP contribution in [0.4, 0.5) is 5.69 Å². The fourth-order valence-electron chi connectivity index (χ4n) is 2.28. The highest BCUT2D eigenvalue weighted by molar-refractivity contribution is 5.68. The monoisotopic (exact) mass is 279 g/mol.